The number of rotatable bonds is 4. The first-order valence-corrected chi connectivity index (χ1v) is 6.00. The van der Waals surface area contributed by atoms with Gasteiger partial charge in [0.2, 0.25) is 5.91 Å². The summed E-state index contributed by atoms with van der Waals surface area (Å²) in [5.74, 6) is 0.271. The van der Waals surface area contributed by atoms with Crippen LogP contribution in [0, 0.1) is 23.2 Å². The van der Waals surface area contributed by atoms with Crippen LogP contribution in [0.1, 0.15) is 39.5 Å². The van der Waals surface area contributed by atoms with Gasteiger partial charge in [-0.1, -0.05) is 13.8 Å². The molecular weight excluding hydrogens is 202 g/mol. The Kier molecular flexibility index (Phi) is 4.75. The maximum Gasteiger partial charge on any atom is 0.237 e. The van der Waals surface area contributed by atoms with Gasteiger partial charge in [0.1, 0.15) is 0 Å². The van der Waals surface area contributed by atoms with Gasteiger partial charge < -0.3 is 11.1 Å². The van der Waals surface area contributed by atoms with Gasteiger partial charge >= 0.3 is 0 Å². The molecule has 1 aliphatic rings. The van der Waals surface area contributed by atoms with Crippen molar-refractivity contribution < 1.29 is 4.79 Å². The van der Waals surface area contributed by atoms with E-state index in [1.54, 1.807) is 0 Å². The molecule has 1 rings (SSSR count). The highest BCUT2D eigenvalue weighted by Gasteiger charge is 2.29. The first-order chi connectivity index (χ1) is 7.54. The molecule has 1 amide bonds. The van der Waals surface area contributed by atoms with Gasteiger partial charge in [-0.15, -0.1) is 0 Å². The molecule has 0 aromatic carbocycles. The van der Waals surface area contributed by atoms with Gasteiger partial charge in [-0.2, -0.15) is 5.26 Å². The van der Waals surface area contributed by atoms with Crippen molar-refractivity contribution in [1.82, 2.24) is 5.32 Å². The zero-order valence-electron chi connectivity index (χ0n) is 10.1. The van der Waals surface area contributed by atoms with Gasteiger partial charge in [0, 0.05) is 6.04 Å². The highest BCUT2D eigenvalue weighted by molar-refractivity contribution is 5.81. The number of nitrogens with one attached hydrogen (secondary N) is 1. The first kappa shape index (κ1) is 13.0. The van der Waals surface area contributed by atoms with Gasteiger partial charge in [-0.25, -0.2) is 0 Å². The maximum absolute atomic E-state index is 11.8. The molecule has 0 aromatic rings. The fourth-order valence-electron chi connectivity index (χ4n) is 2.19. The lowest BCUT2D eigenvalue weighted by atomic mass is 10.0. The second-order valence-corrected chi connectivity index (χ2v) is 5.02. The number of hydrogen-bond acceptors (Lipinski definition) is 3. The molecule has 0 aromatic heterocycles. The normalized spacial score (nSPS) is 26.4. The number of nitrogens with two attached hydrogens (primary N) is 1. The van der Waals surface area contributed by atoms with Crippen molar-refractivity contribution in [3.8, 4) is 6.07 Å². The summed E-state index contributed by atoms with van der Waals surface area (Å²) in [6, 6.07) is 1.81. The molecule has 90 valence electrons. The standard InChI is InChI=1S/C12H21N3O/c1-8(2)6-10(14)12(16)15-11-5-3-4-9(11)7-13/h8-11H,3-6,14H2,1-2H3,(H,15,16)/t9?,10-,11?/m1/s1. The maximum atomic E-state index is 11.8. The van der Waals surface area contributed by atoms with E-state index in [0.29, 0.717) is 12.3 Å². The van der Waals surface area contributed by atoms with Crippen LogP contribution in [0.5, 0.6) is 0 Å². The van der Waals surface area contributed by atoms with E-state index in [2.05, 4.69) is 11.4 Å². The Morgan fingerprint density at radius 2 is 2.25 bits per heavy atom. The minimum absolute atomic E-state index is 0.00992. The summed E-state index contributed by atoms with van der Waals surface area (Å²) in [4.78, 5) is 11.8. The minimum Gasteiger partial charge on any atom is -0.351 e. The third-order valence-electron chi connectivity index (χ3n) is 3.07. The molecule has 0 saturated heterocycles. The van der Waals surface area contributed by atoms with Crippen LogP contribution in [-0.2, 0) is 4.79 Å². The predicted molar refractivity (Wildman–Crippen MR) is 62.3 cm³/mol. The molecule has 4 nitrogen and oxygen atoms in total. The lowest BCUT2D eigenvalue weighted by molar-refractivity contribution is -0.123. The molecule has 0 heterocycles. The largest absolute Gasteiger partial charge is 0.351 e. The zero-order valence-corrected chi connectivity index (χ0v) is 10.1. The third kappa shape index (κ3) is 3.49. The van der Waals surface area contributed by atoms with Gasteiger partial charge in [0.25, 0.3) is 0 Å². The van der Waals surface area contributed by atoms with Gasteiger partial charge in [-0.05, 0) is 31.6 Å². The van der Waals surface area contributed by atoms with Crippen molar-refractivity contribution in [3.63, 3.8) is 0 Å². The Hall–Kier alpha value is -1.08. The molecule has 16 heavy (non-hydrogen) atoms. The van der Waals surface area contributed by atoms with Crippen LogP contribution in [-0.4, -0.2) is 18.0 Å². The van der Waals surface area contributed by atoms with Crippen molar-refractivity contribution in [2.45, 2.75) is 51.6 Å². The minimum atomic E-state index is -0.444. The lowest BCUT2D eigenvalue weighted by Gasteiger charge is -2.19. The van der Waals surface area contributed by atoms with Crippen molar-refractivity contribution in [2.75, 3.05) is 0 Å². The molecule has 1 aliphatic carbocycles. The zero-order chi connectivity index (χ0) is 12.1. The summed E-state index contributed by atoms with van der Waals surface area (Å²) in [5, 5.41) is 11.8. The summed E-state index contributed by atoms with van der Waals surface area (Å²) >= 11 is 0. The van der Waals surface area contributed by atoms with Crippen LogP contribution >= 0.6 is 0 Å². The van der Waals surface area contributed by atoms with Gasteiger partial charge in [-0.3, -0.25) is 4.79 Å². The molecule has 4 heteroatoms. The van der Waals surface area contributed by atoms with E-state index < -0.39 is 6.04 Å². The Morgan fingerprint density at radius 1 is 1.56 bits per heavy atom. The molecule has 0 aliphatic heterocycles. The van der Waals surface area contributed by atoms with Crippen LogP contribution in [0.3, 0.4) is 0 Å². The number of carbonyl (C=O) groups excluding carboxylic acids is 1. The summed E-state index contributed by atoms with van der Waals surface area (Å²) in [6.07, 6.45) is 3.50. The molecule has 3 atom stereocenters. The lowest BCUT2D eigenvalue weighted by Crippen LogP contribution is -2.46. The Bertz CT molecular complexity index is 282. The summed E-state index contributed by atoms with van der Waals surface area (Å²) in [7, 11) is 0. The highest BCUT2D eigenvalue weighted by Crippen LogP contribution is 2.24. The van der Waals surface area contributed by atoms with E-state index >= 15 is 0 Å². The van der Waals surface area contributed by atoms with Crippen molar-refractivity contribution >= 4 is 5.91 Å². The van der Waals surface area contributed by atoms with Crippen LogP contribution < -0.4 is 11.1 Å². The fraction of sp³-hybridized carbons (Fsp3) is 0.833. The quantitative estimate of drug-likeness (QED) is 0.750. The topological polar surface area (TPSA) is 78.9 Å². The van der Waals surface area contributed by atoms with Gasteiger partial charge in [0.15, 0.2) is 0 Å². The molecule has 0 spiro atoms. The van der Waals surface area contributed by atoms with Crippen molar-refractivity contribution in [3.05, 3.63) is 0 Å². The van der Waals surface area contributed by atoms with Gasteiger partial charge in [0.05, 0.1) is 18.0 Å². The van der Waals surface area contributed by atoms with E-state index in [1.807, 2.05) is 13.8 Å². The monoisotopic (exact) mass is 223 g/mol. The average Bonchev–Trinajstić information content (AvgIpc) is 2.64. The molecule has 1 saturated carbocycles. The van der Waals surface area contributed by atoms with Crippen LogP contribution in [0.2, 0.25) is 0 Å². The van der Waals surface area contributed by atoms with E-state index in [-0.39, 0.29) is 17.9 Å². The van der Waals surface area contributed by atoms with Crippen LogP contribution in [0.25, 0.3) is 0 Å². The number of nitriles is 1. The predicted octanol–water partition coefficient (Wildman–Crippen LogP) is 1.17. The summed E-state index contributed by atoms with van der Waals surface area (Å²) in [5.41, 5.74) is 5.79. The number of nitrogens with zero attached hydrogens (tertiary/aromatic N) is 1. The SMILES string of the molecule is CC(C)C[C@@H](N)C(=O)NC1CCCC1C#N. The number of amides is 1. The molecule has 2 unspecified atom stereocenters. The van der Waals surface area contributed by atoms with E-state index in [9.17, 15) is 4.79 Å². The number of hydrogen-bond donors (Lipinski definition) is 2. The Balaban J connectivity index is 2.42. The van der Waals surface area contributed by atoms with Crippen molar-refractivity contribution in [2.24, 2.45) is 17.6 Å². The first-order valence-electron chi connectivity index (χ1n) is 6.00. The second-order valence-electron chi connectivity index (χ2n) is 5.02. The highest BCUT2D eigenvalue weighted by atomic mass is 16.2. The van der Waals surface area contributed by atoms with E-state index in [4.69, 9.17) is 11.0 Å². The Morgan fingerprint density at radius 3 is 2.81 bits per heavy atom. The van der Waals surface area contributed by atoms with E-state index in [0.717, 1.165) is 19.3 Å². The summed E-state index contributed by atoms with van der Waals surface area (Å²) in [6.45, 7) is 4.08. The molecule has 3 N–H and O–H groups in total. The van der Waals surface area contributed by atoms with E-state index in [1.165, 1.54) is 0 Å². The summed E-state index contributed by atoms with van der Waals surface area (Å²) < 4.78 is 0. The molecule has 0 bridgehead atoms. The molecular formula is C12H21N3O. The van der Waals surface area contributed by atoms with Crippen LogP contribution in [0.4, 0.5) is 0 Å². The molecule has 1 fully saturated rings. The average molecular weight is 223 g/mol. The fourth-order valence-corrected chi connectivity index (χ4v) is 2.19. The molecule has 0 radical (unpaired) electrons. The van der Waals surface area contributed by atoms with Crippen LogP contribution in [0.15, 0.2) is 0 Å². The Labute approximate surface area is 97.2 Å². The number of carbonyl (C=O) groups is 1. The van der Waals surface area contributed by atoms with Crippen molar-refractivity contribution in [1.29, 1.82) is 5.26 Å². The third-order valence-corrected chi connectivity index (χ3v) is 3.07. The smallest absolute Gasteiger partial charge is 0.237 e. The second kappa shape index (κ2) is 5.86.